The molecule has 1 unspecified atom stereocenters. The summed E-state index contributed by atoms with van der Waals surface area (Å²) in [4.78, 5) is 0. The number of alkyl halides is 1. The summed E-state index contributed by atoms with van der Waals surface area (Å²) >= 11 is 5.65. The number of hydrogen-bond donors (Lipinski definition) is 0. The average molecular weight is 290 g/mol. The first-order valence-electron chi connectivity index (χ1n) is 5.99. The van der Waals surface area contributed by atoms with Crippen molar-refractivity contribution in [2.45, 2.75) is 13.3 Å². The summed E-state index contributed by atoms with van der Waals surface area (Å²) in [6, 6.07) is 9.87. The number of sulfonamides is 1. The van der Waals surface area contributed by atoms with Gasteiger partial charge in [-0.2, -0.15) is 0 Å². The van der Waals surface area contributed by atoms with Crippen LogP contribution in [0.3, 0.4) is 0 Å². The predicted octanol–water partition coefficient (Wildman–Crippen LogP) is 2.37. The Hall–Kier alpha value is -0.580. The summed E-state index contributed by atoms with van der Waals surface area (Å²) in [6.45, 7) is 2.34. The summed E-state index contributed by atoms with van der Waals surface area (Å²) in [5.74, 6) is 0.462. The molecule has 0 heterocycles. The van der Waals surface area contributed by atoms with Crippen LogP contribution in [0.5, 0.6) is 0 Å². The molecule has 1 atom stereocenters. The third-order valence-electron chi connectivity index (χ3n) is 2.79. The van der Waals surface area contributed by atoms with Crippen LogP contribution >= 0.6 is 11.6 Å². The van der Waals surface area contributed by atoms with E-state index in [-0.39, 0.29) is 11.7 Å². The van der Waals surface area contributed by atoms with Gasteiger partial charge in [-0.15, -0.1) is 11.6 Å². The standard InChI is InChI=1S/C13H20ClNO2S/c1-12(10-14)11-18(16,17)15(2)9-8-13-6-4-3-5-7-13/h3-7,12H,8-11H2,1-2H3. The summed E-state index contributed by atoms with van der Waals surface area (Å²) < 4.78 is 25.4. The smallest absolute Gasteiger partial charge is 0.212 e. The molecule has 1 aromatic carbocycles. The second-order valence-electron chi connectivity index (χ2n) is 4.60. The van der Waals surface area contributed by atoms with E-state index >= 15 is 0 Å². The fraction of sp³-hybridized carbons (Fsp3) is 0.538. The van der Waals surface area contributed by atoms with Gasteiger partial charge in [-0.25, -0.2) is 12.7 Å². The highest BCUT2D eigenvalue weighted by atomic mass is 35.5. The number of benzene rings is 1. The fourth-order valence-corrected chi connectivity index (χ4v) is 3.30. The van der Waals surface area contributed by atoms with Crippen molar-refractivity contribution < 1.29 is 8.42 Å². The van der Waals surface area contributed by atoms with Crippen molar-refractivity contribution in [3.8, 4) is 0 Å². The molecule has 0 aliphatic rings. The number of halogens is 1. The topological polar surface area (TPSA) is 37.4 Å². The molecular formula is C13H20ClNO2S. The number of rotatable bonds is 7. The van der Waals surface area contributed by atoms with Gasteiger partial charge in [0.2, 0.25) is 10.0 Å². The quantitative estimate of drug-likeness (QED) is 0.723. The van der Waals surface area contributed by atoms with E-state index in [1.807, 2.05) is 37.3 Å². The highest BCUT2D eigenvalue weighted by Crippen LogP contribution is 2.09. The van der Waals surface area contributed by atoms with Crippen LogP contribution in [-0.4, -0.2) is 37.9 Å². The van der Waals surface area contributed by atoms with E-state index < -0.39 is 10.0 Å². The minimum absolute atomic E-state index is 0.0177. The van der Waals surface area contributed by atoms with Gasteiger partial charge < -0.3 is 0 Å². The Morgan fingerprint density at radius 1 is 1.28 bits per heavy atom. The van der Waals surface area contributed by atoms with E-state index in [2.05, 4.69) is 0 Å². The van der Waals surface area contributed by atoms with Crippen LogP contribution in [0.2, 0.25) is 0 Å². The predicted molar refractivity (Wildman–Crippen MR) is 76.4 cm³/mol. The van der Waals surface area contributed by atoms with Crippen LogP contribution in [0.4, 0.5) is 0 Å². The van der Waals surface area contributed by atoms with E-state index in [0.29, 0.717) is 12.4 Å². The molecule has 0 fully saturated rings. The van der Waals surface area contributed by atoms with Crippen molar-refractivity contribution in [2.75, 3.05) is 25.2 Å². The zero-order valence-corrected chi connectivity index (χ0v) is 12.4. The first-order valence-corrected chi connectivity index (χ1v) is 8.14. The van der Waals surface area contributed by atoms with E-state index in [0.717, 1.165) is 12.0 Å². The minimum atomic E-state index is -3.19. The average Bonchev–Trinajstić information content (AvgIpc) is 2.36. The second kappa shape index (κ2) is 7.12. The maximum atomic E-state index is 12.0. The van der Waals surface area contributed by atoms with Crippen molar-refractivity contribution in [3.05, 3.63) is 35.9 Å². The molecule has 0 aliphatic carbocycles. The van der Waals surface area contributed by atoms with Crippen molar-refractivity contribution in [1.29, 1.82) is 0 Å². The molecule has 0 aromatic heterocycles. The van der Waals surface area contributed by atoms with E-state index in [9.17, 15) is 8.42 Å². The van der Waals surface area contributed by atoms with Gasteiger partial charge in [-0.05, 0) is 17.9 Å². The Labute approximate surface area is 115 Å². The van der Waals surface area contributed by atoms with Crippen LogP contribution in [0.25, 0.3) is 0 Å². The van der Waals surface area contributed by atoms with Gasteiger partial charge in [0.15, 0.2) is 0 Å². The third-order valence-corrected chi connectivity index (χ3v) is 5.44. The molecule has 0 saturated heterocycles. The third kappa shape index (κ3) is 4.96. The number of hydrogen-bond acceptors (Lipinski definition) is 2. The van der Waals surface area contributed by atoms with E-state index in [4.69, 9.17) is 11.6 Å². The van der Waals surface area contributed by atoms with Gasteiger partial charge in [0, 0.05) is 19.5 Å². The van der Waals surface area contributed by atoms with E-state index in [1.165, 1.54) is 4.31 Å². The molecule has 0 spiro atoms. The molecule has 1 rings (SSSR count). The highest BCUT2D eigenvalue weighted by molar-refractivity contribution is 7.89. The first kappa shape index (κ1) is 15.5. The molecule has 0 amide bonds. The molecule has 0 N–H and O–H groups in total. The van der Waals surface area contributed by atoms with Gasteiger partial charge >= 0.3 is 0 Å². The molecule has 18 heavy (non-hydrogen) atoms. The summed E-state index contributed by atoms with van der Waals surface area (Å²) in [7, 11) is -1.57. The van der Waals surface area contributed by atoms with Crippen molar-refractivity contribution in [2.24, 2.45) is 5.92 Å². The van der Waals surface area contributed by atoms with Crippen LogP contribution in [0.1, 0.15) is 12.5 Å². The minimum Gasteiger partial charge on any atom is -0.212 e. The monoisotopic (exact) mass is 289 g/mol. The Bertz CT molecular complexity index is 447. The lowest BCUT2D eigenvalue weighted by Crippen LogP contribution is -2.33. The molecule has 5 heteroatoms. The maximum absolute atomic E-state index is 12.0. The van der Waals surface area contributed by atoms with Crippen molar-refractivity contribution in [1.82, 2.24) is 4.31 Å². The van der Waals surface area contributed by atoms with E-state index in [1.54, 1.807) is 7.05 Å². The molecule has 3 nitrogen and oxygen atoms in total. The summed E-state index contributed by atoms with van der Waals surface area (Å²) in [5, 5.41) is 0. The highest BCUT2D eigenvalue weighted by Gasteiger charge is 2.20. The van der Waals surface area contributed by atoms with Crippen LogP contribution in [0.15, 0.2) is 30.3 Å². The van der Waals surface area contributed by atoms with Gasteiger partial charge in [-0.1, -0.05) is 37.3 Å². The first-order chi connectivity index (χ1) is 8.45. The van der Waals surface area contributed by atoms with Crippen molar-refractivity contribution >= 4 is 21.6 Å². The Morgan fingerprint density at radius 2 is 1.89 bits per heavy atom. The molecule has 0 radical (unpaired) electrons. The molecule has 102 valence electrons. The molecule has 1 aromatic rings. The van der Waals surface area contributed by atoms with Crippen LogP contribution in [-0.2, 0) is 16.4 Å². The Kier molecular flexibility index (Phi) is 6.12. The van der Waals surface area contributed by atoms with Gasteiger partial charge in [0.1, 0.15) is 0 Å². The van der Waals surface area contributed by atoms with Gasteiger partial charge in [0.05, 0.1) is 5.75 Å². The van der Waals surface area contributed by atoms with Crippen LogP contribution < -0.4 is 0 Å². The zero-order chi connectivity index (χ0) is 13.6. The molecule has 0 saturated carbocycles. The summed E-state index contributed by atoms with van der Waals surface area (Å²) in [6.07, 6.45) is 0.728. The largest absolute Gasteiger partial charge is 0.214 e. The molecule has 0 bridgehead atoms. The lowest BCUT2D eigenvalue weighted by Gasteiger charge is -2.19. The molecular weight excluding hydrogens is 270 g/mol. The fourth-order valence-electron chi connectivity index (χ4n) is 1.60. The second-order valence-corrected chi connectivity index (χ2v) is 7.02. The Balaban J connectivity index is 2.52. The van der Waals surface area contributed by atoms with Crippen LogP contribution in [0, 0.1) is 5.92 Å². The lowest BCUT2D eigenvalue weighted by atomic mass is 10.2. The lowest BCUT2D eigenvalue weighted by molar-refractivity contribution is 0.466. The molecule has 0 aliphatic heterocycles. The van der Waals surface area contributed by atoms with Crippen molar-refractivity contribution in [3.63, 3.8) is 0 Å². The summed E-state index contributed by atoms with van der Waals surface area (Å²) in [5.41, 5.74) is 1.14. The normalized spacial score (nSPS) is 13.8. The maximum Gasteiger partial charge on any atom is 0.214 e. The zero-order valence-electron chi connectivity index (χ0n) is 10.8. The number of likely N-dealkylation sites (N-methyl/N-ethyl adjacent to an activating group) is 1. The van der Waals surface area contributed by atoms with Gasteiger partial charge in [-0.3, -0.25) is 0 Å². The Morgan fingerprint density at radius 3 is 2.44 bits per heavy atom. The number of nitrogens with zero attached hydrogens (tertiary/aromatic N) is 1. The SMILES string of the molecule is CC(CCl)CS(=O)(=O)N(C)CCc1ccccc1. The van der Waals surface area contributed by atoms with Gasteiger partial charge in [0.25, 0.3) is 0 Å².